The van der Waals surface area contributed by atoms with Gasteiger partial charge in [0.25, 0.3) is 0 Å². The first kappa shape index (κ1) is 17.7. The normalized spacial score (nSPS) is 14.4. The van der Waals surface area contributed by atoms with Gasteiger partial charge in [-0.25, -0.2) is 4.98 Å². The molecule has 2 rings (SSSR count). The fourth-order valence-corrected chi connectivity index (χ4v) is 2.37. The number of anilines is 1. The van der Waals surface area contributed by atoms with Crippen LogP contribution in [0.2, 0.25) is 0 Å². The maximum atomic E-state index is 7.99. The lowest BCUT2D eigenvalue weighted by Gasteiger charge is -2.19. The Hall–Kier alpha value is -1.63. The number of rotatable bonds is 6. The maximum Gasteiger partial charge on any atom is 0.218 e. The summed E-state index contributed by atoms with van der Waals surface area (Å²) in [5, 5.41) is 19.9. The molecule has 1 aliphatic rings. The van der Waals surface area contributed by atoms with Crippen LogP contribution in [0.5, 0.6) is 5.88 Å². The summed E-state index contributed by atoms with van der Waals surface area (Å²) in [6, 6.07) is 1.77. The van der Waals surface area contributed by atoms with Crippen molar-refractivity contribution < 1.29 is 4.74 Å². The van der Waals surface area contributed by atoms with E-state index in [4.69, 9.17) is 15.6 Å². The van der Waals surface area contributed by atoms with E-state index in [1.54, 1.807) is 6.07 Å². The molecule has 1 heterocycles. The van der Waals surface area contributed by atoms with Crippen molar-refractivity contribution >= 4 is 27.7 Å². The van der Waals surface area contributed by atoms with E-state index in [9.17, 15) is 0 Å². The minimum Gasteiger partial charge on any atom is -0.477 e. The lowest BCUT2D eigenvalue weighted by Crippen LogP contribution is -2.20. The van der Waals surface area contributed by atoms with Gasteiger partial charge >= 0.3 is 0 Å². The van der Waals surface area contributed by atoms with Gasteiger partial charge in [0.1, 0.15) is 11.6 Å². The van der Waals surface area contributed by atoms with Crippen molar-refractivity contribution in [2.45, 2.75) is 40.5 Å². The van der Waals surface area contributed by atoms with Gasteiger partial charge in [-0.05, 0) is 25.7 Å². The van der Waals surface area contributed by atoms with E-state index >= 15 is 0 Å². The molecule has 6 nitrogen and oxygen atoms in total. The Morgan fingerprint density at radius 2 is 2.04 bits per heavy atom. The van der Waals surface area contributed by atoms with E-state index in [1.165, 1.54) is 24.6 Å². The van der Waals surface area contributed by atoms with Crippen LogP contribution in [-0.4, -0.2) is 33.2 Å². The minimum absolute atomic E-state index is 0.230. The number of hydrogen-bond acceptors (Lipinski definition) is 7. The number of aromatic nitrogens is 2. The molecule has 0 radical (unpaired) electrons. The van der Waals surface area contributed by atoms with Crippen LogP contribution in [0.25, 0.3) is 0 Å². The van der Waals surface area contributed by atoms with E-state index in [1.807, 2.05) is 27.7 Å². The fourth-order valence-electron chi connectivity index (χ4n) is 1.68. The molecule has 0 unspecified atom stereocenters. The molecule has 0 aromatic carbocycles. The van der Waals surface area contributed by atoms with E-state index in [-0.39, 0.29) is 5.41 Å². The van der Waals surface area contributed by atoms with Gasteiger partial charge in [0.2, 0.25) is 5.88 Å². The molecule has 1 aromatic rings. The number of nitrogens with zero attached hydrogens (tertiary/aromatic N) is 2. The predicted octanol–water partition coefficient (Wildman–Crippen LogP) is 3.72. The summed E-state index contributed by atoms with van der Waals surface area (Å²) >= 11 is 1.19. The van der Waals surface area contributed by atoms with Gasteiger partial charge in [0.05, 0.1) is 23.2 Å². The first-order chi connectivity index (χ1) is 10.7. The van der Waals surface area contributed by atoms with Crippen LogP contribution >= 0.6 is 11.8 Å². The third kappa shape index (κ3) is 6.17. The second kappa shape index (κ2) is 7.29. The highest BCUT2D eigenvalue weighted by Crippen LogP contribution is 2.29. The molecule has 0 aliphatic heterocycles. The van der Waals surface area contributed by atoms with Crippen molar-refractivity contribution in [2.24, 2.45) is 11.3 Å². The minimum atomic E-state index is -0.230. The van der Waals surface area contributed by atoms with Gasteiger partial charge in [-0.1, -0.05) is 32.5 Å². The van der Waals surface area contributed by atoms with E-state index in [0.29, 0.717) is 46.7 Å². The van der Waals surface area contributed by atoms with E-state index < -0.39 is 0 Å². The Labute approximate surface area is 141 Å². The van der Waals surface area contributed by atoms with Crippen LogP contribution in [0.15, 0.2) is 6.07 Å². The summed E-state index contributed by atoms with van der Waals surface area (Å²) in [5.74, 6) is 2.54. The van der Waals surface area contributed by atoms with Crippen LogP contribution in [0.3, 0.4) is 0 Å². The highest BCUT2D eigenvalue weighted by atomic mass is 32.2. The zero-order valence-electron chi connectivity index (χ0n) is 14.2. The fraction of sp³-hybridized carbons (Fsp3) is 0.625. The second-order valence-corrected chi connectivity index (χ2v) is 7.96. The highest BCUT2D eigenvalue weighted by Gasteiger charge is 2.22. The van der Waals surface area contributed by atoms with Gasteiger partial charge in [0.15, 0.2) is 0 Å². The molecule has 1 aromatic heterocycles. The lowest BCUT2D eigenvalue weighted by atomic mass is 9.99. The zero-order chi connectivity index (χ0) is 17.0. The molecule has 126 valence electrons. The van der Waals surface area contributed by atoms with Crippen molar-refractivity contribution in [3.8, 4) is 5.88 Å². The molecule has 3 N–H and O–H groups in total. The predicted molar refractivity (Wildman–Crippen MR) is 96.0 cm³/mol. The molecule has 0 atom stereocenters. The van der Waals surface area contributed by atoms with Crippen molar-refractivity contribution in [1.29, 1.82) is 10.8 Å². The summed E-state index contributed by atoms with van der Waals surface area (Å²) in [6.07, 6.45) is 2.48. The number of ether oxygens (including phenoxy) is 1. The van der Waals surface area contributed by atoms with Crippen molar-refractivity contribution in [3.05, 3.63) is 11.9 Å². The molecular weight excluding hydrogens is 310 g/mol. The van der Waals surface area contributed by atoms with E-state index in [0.717, 1.165) is 0 Å². The third-order valence-corrected chi connectivity index (χ3v) is 4.52. The summed E-state index contributed by atoms with van der Waals surface area (Å²) in [7, 11) is 0. The smallest absolute Gasteiger partial charge is 0.218 e. The van der Waals surface area contributed by atoms with Crippen LogP contribution in [0.4, 0.5) is 5.82 Å². The Morgan fingerprint density at radius 1 is 1.35 bits per heavy atom. The highest BCUT2D eigenvalue weighted by molar-refractivity contribution is 8.26. The SMILES string of the molecule is Cc1nc(NCC(=N)SC(=N)C(C)(C)C)cc(OCC2CC2)n1. The topological polar surface area (TPSA) is 94.7 Å². The Balaban J connectivity index is 1.86. The summed E-state index contributed by atoms with van der Waals surface area (Å²) < 4.78 is 5.68. The molecule has 1 saturated carbocycles. The molecule has 1 fully saturated rings. The zero-order valence-corrected chi connectivity index (χ0v) is 15.0. The average molecular weight is 335 g/mol. The summed E-state index contributed by atoms with van der Waals surface area (Å²) in [6.45, 7) is 8.79. The van der Waals surface area contributed by atoms with Gasteiger partial charge in [-0.2, -0.15) is 4.98 Å². The largest absolute Gasteiger partial charge is 0.477 e. The first-order valence-corrected chi connectivity index (χ1v) is 8.62. The molecule has 0 bridgehead atoms. The van der Waals surface area contributed by atoms with Gasteiger partial charge < -0.3 is 10.1 Å². The van der Waals surface area contributed by atoms with Crippen LogP contribution < -0.4 is 10.1 Å². The summed E-state index contributed by atoms with van der Waals surface area (Å²) in [5.41, 5.74) is -0.230. The Kier molecular flexibility index (Phi) is 5.62. The standard InChI is InChI=1S/C16H25N5OS/c1-10-20-13(7-14(21-10)22-9-11-5-6-11)19-8-12(17)23-15(18)16(2,3)4/h7,11,17-18H,5-6,8-9H2,1-4H3,(H,19,20,21). The summed E-state index contributed by atoms with van der Waals surface area (Å²) in [4.78, 5) is 8.59. The number of aryl methyl sites for hydroxylation is 1. The molecule has 23 heavy (non-hydrogen) atoms. The third-order valence-electron chi connectivity index (χ3n) is 3.31. The number of nitrogens with one attached hydrogen (secondary N) is 3. The van der Waals surface area contributed by atoms with Gasteiger partial charge in [-0.3, -0.25) is 10.8 Å². The van der Waals surface area contributed by atoms with Crippen molar-refractivity contribution in [2.75, 3.05) is 18.5 Å². The van der Waals surface area contributed by atoms with Crippen LogP contribution in [-0.2, 0) is 0 Å². The van der Waals surface area contributed by atoms with E-state index in [2.05, 4.69) is 15.3 Å². The van der Waals surface area contributed by atoms with Crippen molar-refractivity contribution in [3.63, 3.8) is 0 Å². The average Bonchev–Trinajstić information content (AvgIpc) is 3.25. The van der Waals surface area contributed by atoms with Crippen LogP contribution in [0, 0.1) is 29.1 Å². The van der Waals surface area contributed by atoms with Crippen molar-refractivity contribution in [1.82, 2.24) is 9.97 Å². The molecule has 0 spiro atoms. The Morgan fingerprint density at radius 3 is 2.65 bits per heavy atom. The maximum absolute atomic E-state index is 7.99. The van der Waals surface area contributed by atoms with Gasteiger partial charge in [-0.15, -0.1) is 0 Å². The molecule has 0 amide bonds. The first-order valence-electron chi connectivity index (χ1n) is 7.80. The molecule has 1 aliphatic carbocycles. The number of hydrogen-bond donors (Lipinski definition) is 3. The molecular formula is C16H25N5OS. The monoisotopic (exact) mass is 335 g/mol. The molecule has 7 heteroatoms. The molecule has 0 saturated heterocycles. The second-order valence-electron chi connectivity index (χ2n) is 6.85. The van der Waals surface area contributed by atoms with Gasteiger partial charge in [0, 0.05) is 11.5 Å². The Bertz CT molecular complexity index is 593. The quantitative estimate of drug-likeness (QED) is 0.544. The number of thioether (sulfide) groups is 1. The lowest BCUT2D eigenvalue weighted by molar-refractivity contribution is 0.287. The van der Waals surface area contributed by atoms with Crippen LogP contribution in [0.1, 0.15) is 39.4 Å².